The number of benzene rings is 1. The SMILES string of the molecule is CSc1ncc(CN2CCO[C@H](Cc3ccccc3Cl)C2)cn1. The molecule has 1 fully saturated rings. The standard InChI is InChI=1S/C17H20ClN3OS/c1-23-17-19-9-13(10-20-17)11-21-6-7-22-15(12-21)8-14-4-2-3-5-16(14)18/h2-5,9-10,15H,6-8,11-12H2,1H3/t15-/m1/s1. The predicted molar refractivity (Wildman–Crippen MR) is 94.0 cm³/mol. The lowest BCUT2D eigenvalue weighted by molar-refractivity contribution is -0.0305. The quantitative estimate of drug-likeness (QED) is 0.611. The van der Waals surface area contributed by atoms with Crippen molar-refractivity contribution in [1.82, 2.24) is 14.9 Å². The second kappa shape index (κ2) is 8.11. The molecule has 3 rings (SSSR count). The number of halogens is 1. The van der Waals surface area contributed by atoms with Crippen LogP contribution in [0.25, 0.3) is 0 Å². The van der Waals surface area contributed by atoms with Gasteiger partial charge in [0.2, 0.25) is 0 Å². The lowest BCUT2D eigenvalue weighted by Gasteiger charge is -2.33. The molecule has 23 heavy (non-hydrogen) atoms. The van der Waals surface area contributed by atoms with Gasteiger partial charge in [0, 0.05) is 49.0 Å². The van der Waals surface area contributed by atoms with Crippen molar-refractivity contribution in [3.63, 3.8) is 0 Å². The second-order valence-corrected chi connectivity index (χ2v) is 6.78. The van der Waals surface area contributed by atoms with Crippen molar-refractivity contribution in [3.05, 3.63) is 52.8 Å². The summed E-state index contributed by atoms with van der Waals surface area (Å²) in [5.74, 6) is 0. The van der Waals surface area contributed by atoms with Crippen molar-refractivity contribution in [1.29, 1.82) is 0 Å². The van der Waals surface area contributed by atoms with Crippen LogP contribution in [0.5, 0.6) is 0 Å². The first-order valence-corrected chi connectivity index (χ1v) is 9.27. The largest absolute Gasteiger partial charge is 0.375 e. The molecule has 4 nitrogen and oxygen atoms in total. The lowest BCUT2D eigenvalue weighted by Crippen LogP contribution is -2.42. The smallest absolute Gasteiger partial charge is 0.187 e. The highest BCUT2D eigenvalue weighted by Gasteiger charge is 2.21. The van der Waals surface area contributed by atoms with Crippen molar-refractivity contribution in [2.24, 2.45) is 0 Å². The average molecular weight is 350 g/mol. The van der Waals surface area contributed by atoms with Gasteiger partial charge in [-0.25, -0.2) is 9.97 Å². The third kappa shape index (κ3) is 4.67. The van der Waals surface area contributed by atoms with E-state index in [0.29, 0.717) is 0 Å². The third-order valence-electron chi connectivity index (χ3n) is 3.90. The van der Waals surface area contributed by atoms with Gasteiger partial charge < -0.3 is 4.74 Å². The van der Waals surface area contributed by atoms with Crippen LogP contribution in [-0.4, -0.2) is 46.9 Å². The summed E-state index contributed by atoms with van der Waals surface area (Å²) in [6, 6.07) is 7.98. The molecule has 0 bridgehead atoms. The van der Waals surface area contributed by atoms with E-state index in [0.717, 1.165) is 54.0 Å². The van der Waals surface area contributed by atoms with Gasteiger partial charge in [-0.1, -0.05) is 41.6 Å². The van der Waals surface area contributed by atoms with E-state index in [1.807, 2.05) is 36.8 Å². The maximum Gasteiger partial charge on any atom is 0.187 e. The molecule has 6 heteroatoms. The molecule has 2 aromatic rings. The molecular formula is C17H20ClN3OS. The summed E-state index contributed by atoms with van der Waals surface area (Å²) >= 11 is 7.81. The molecule has 0 saturated carbocycles. The molecule has 0 unspecified atom stereocenters. The molecule has 1 aromatic heterocycles. The van der Waals surface area contributed by atoms with Crippen molar-refractivity contribution >= 4 is 23.4 Å². The molecule has 122 valence electrons. The zero-order valence-corrected chi connectivity index (χ0v) is 14.7. The van der Waals surface area contributed by atoms with Crippen molar-refractivity contribution in [3.8, 4) is 0 Å². The van der Waals surface area contributed by atoms with Gasteiger partial charge in [-0.15, -0.1) is 0 Å². The number of thioether (sulfide) groups is 1. The number of hydrogen-bond donors (Lipinski definition) is 0. The van der Waals surface area contributed by atoms with E-state index in [1.165, 1.54) is 0 Å². The Bertz CT molecular complexity index is 638. The Morgan fingerprint density at radius 2 is 2.09 bits per heavy atom. The minimum Gasteiger partial charge on any atom is -0.375 e. The molecule has 1 saturated heterocycles. The molecule has 0 radical (unpaired) electrons. The second-order valence-electron chi connectivity index (χ2n) is 5.60. The fourth-order valence-corrected chi connectivity index (χ4v) is 3.27. The molecule has 1 aromatic carbocycles. The molecule has 1 aliphatic rings. The van der Waals surface area contributed by atoms with Crippen molar-refractivity contribution < 1.29 is 4.74 Å². The lowest BCUT2D eigenvalue weighted by atomic mass is 10.1. The van der Waals surface area contributed by atoms with Gasteiger partial charge in [0.25, 0.3) is 0 Å². The Morgan fingerprint density at radius 1 is 1.30 bits per heavy atom. The van der Waals surface area contributed by atoms with Crippen molar-refractivity contribution in [2.45, 2.75) is 24.2 Å². The fourth-order valence-electron chi connectivity index (χ4n) is 2.74. The molecule has 0 N–H and O–H groups in total. The van der Waals surface area contributed by atoms with Crippen LogP contribution in [0, 0.1) is 0 Å². The van der Waals surface area contributed by atoms with Crippen LogP contribution in [0.4, 0.5) is 0 Å². The number of hydrogen-bond acceptors (Lipinski definition) is 5. The number of nitrogens with zero attached hydrogens (tertiary/aromatic N) is 3. The van der Waals surface area contributed by atoms with Crippen molar-refractivity contribution in [2.75, 3.05) is 26.0 Å². The van der Waals surface area contributed by atoms with Gasteiger partial charge in [-0.05, 0) is 17.9 Å². The number of rotatable bonds is 5. The van der Waals surface area contributed by atoms with E-state index < -0.39 is 0 Å². The highest BCUT2D eigenvalue weighted by Crippen LogP contribution is 2.20. The summed E-state index contributed by atoms with van der Waals surface area (Å²) in [5.41, 5.74) is 2.29. The molecule has 1 aliphatic heterocycles. The highest BCUT2D eigenvalue weighted by atomic mass is 35.5. The monoisotopic (exact) mass is 349 g/mol. The summed E-state index contributed by atoms with van der Waals surface area (Å²) in [4.78, 5) is 11.1. The molecule has 0 aliphatic carbocycles. The molecule has 0 spiro atoms. The van der Waals surface area contributed by atoms with E-state index >= 15 is 0 Å². The summed E-state index contributed by atoms with van der Waals surface area (Å²) in [5, 5.41) is 1.63. The van der Waals surface area contributed by atoms with E-state index in [-0.39, 0.29) is 6.10 Å². The van der Waals surface area contributed by atoms with E-state index in [2.05, 4.69) is 20.9 Å². The Balaban J connectivity index is 1.58. The molecule has 1 atom stereocenters. The minimum absolute atomic E-state index is 0.176. The average Bonchev–Trinajstić information content (AvgIpc) is 2.58. The Morgan fingerprint density at radius 3 is 2.83 bits per heavy atom. The molecule has 0 amide bonds. The van der Waals surface area contributed by atoms with Crippen LogP contribution >= 0.6 is 23.4 Å². The topological polar surface area (TPSA) is 38.2 Å². The van der Waals surface area contributed by atoms with Crippen LogP contribution in [0.15, 0.2) is 41.8 Å². The van der Waals surface area contributed by atoms with Gasteiger partial charge in [-0.2, -0.15) is 0 Å². The van der Waals surface area contributed by atoms with Gasteiger partial charge in [-0.3, -0.25) is 4.90 Å². The van der Waals surface area contributed by atoms with Crippen LogP contribution in [-0.2, 0) is 17.7 Å². The Hall–Kier alpha value is -1.14. The van der Waals surface area contributed by atoms with E-state index in [4.69, 9.17) is 16.3 Å². The van der Waals surface area contributed by atoms with Gasteiger partial charge >= 0.3 is 0 Å². The molecular weight excluding hydrogens is 330 g/mol. The van der Waals surface area contributed by atoms with E-state index in [9.17, 15) is 0 Å². The number of ether oxygens (including phenoxy) is 1. The van der Waals surface area contributed by atoms with Gasteiger partial charge in [0.05, 0.1) is 12.7 Å². The van der Waals surface area contributed by atoms with Gasteiger partial charge in [0.15, 0.2) is 5.16 Å². The summed E-state index contributed by atoms with van der Waals surface area (Å²) in [7, 11) is 0. The third-order valence-corrected chi connectivity index (χ3v) is 4.84. The molecule has 2 heterocycles. The first kappa shape index (κ1) is 16.7. The zero-order valence-electron chi connectivity index (χ0n) is 13.1. The fraction of sp³-hybridized carbons (Fsp3) is 0.412. The minimum atomic E-state index is 0.176. The normalized spacial score (nSPS) is 19.0. The van der Waals surface area contributed by atoms with Crippen LogP contribution in [0.1, 0.15) is 11.1 Å². The van der Waals surface area contributed by atoms with Crippen LogP contribution in [0.2, 0.25) is 5.02 Å². The summed E-state index contributed by atoms with van der Waals surface area (Å²) < 4.78 is 5.91. The predicted octanol–water partition coefficient (Wildman–Crippen LogP) is 3.30. The van der Waals surface area contributed by atoms with Crippen LogP contribution in [0.3, 0.4) is 0 Å². The maximum absolute atomic E-state index is 6.25. The Kier molecular flexibility index (Phi) is 5.89. The van der Waals surface area contributed by atoms with E-state index in [1.54, 1.807) is 11.8 Å². The Labute approximate surface area is 146 Å². The number of morpholine rings is 1. The zero-order chi connectivity index (χ0) is 16.1. The highest BCUT2D eigenvalue weighted by molar-refractivity contribution is 7.98. The first-order chi connectivity index (χ1) is 11.2. The maximum atomic E-state index is 6.25. The summed E-state index contributed by atoms with van der Waals surface area (Å²) in [6.45, 7) is 3.44. The first-order valence-electron chi connectivity index (χ1n) is 7.67. The number of aromatic nitrogens is 2. The van der Waals surface area contributed by atoms with Gasteiger partial charge in [0.1, 0.15) is 0 Å². The van der Waals surface area contributed by atoms with Crippen LogP contribution < -0.4 is 0 Å². The summed E-state index contributed by atoms with van der Waals surface area (Å²) in [6.07, 6.45) is 6.83.